The molecule has 0 N–H and O–H groups in total. The van der Waals surface area contributed by atoms with Crippen molar-refractivity contribution >= 4 is 17.7 Å². The second-order valence-corrected chi connectivity index (χ2v) is 6.63. The van der Waals surface area contributed by atoms with Crippen LogP contribution in [0.3, 0.4) is 0 Å². The Morgan fingerprint density at radius 1 is 1.22 bits per heavy atom. The molecule has 0 unspecified atom stereocenters. The lowest BCUT2D eigenvalue weighted by atomic mass is 10.1. The molecule has 1 saturated heterocycles. The Hall–Kier alpha value is -1.95. The maximum absolute atomic E-state index is 13.9. The summed E-state index contributed by atoms with van der Waals surface area (Å²) >= 11 is 1.56. The molecule has 0 aliphatic carbocycles. The Balaban J connectivity index is 1.72. The van der Waals surface area contributed by atoms with E-state index in [2.05, 4.69) is 4.98 Å². The number of hydrogen-bond donors (Lipinski definition) is 0. The molecule has 3 nitrogen and oxygen atoms in total. The lowest BCUT2D eigenvalue weighted by Gasteiger charge is -2.20. The highest BCUT2D eigenvalue weighted by atomic mass is 32.2. The number of thioether (sulfide) groups is 1. The van der Waals surface area contributed by atoms with E-state index < -0.39 is 11.6 Å². The van der Waals surface area contributed by atoms with Crippen molar-refractivity contribution in [3.8, 4) is 0 Å². The van der Waals surface area contributed by atoms with Crippen LogP contribution in [-0.4, -0.2) is 34.6 Å². The molecule has 6 heteroatoms. The minimum atomic E-state index is -0.437. The summed E-state index contributed by atoms with van der Waals surface area (Å²) < 4.78 is 27.3. The topological polar surface area (TPSA) is 33.2 Å². The van der Waals surface area contributed by atoms with Crippen molar-refractivity contribution in [2.75, 3.05) is 18.8 Å². The number of carbonyl (C=O) groups is 1. The molecular weight excluding hydrogens is 318 g/mol. The van der Waals surface area contributed by atoms with E-state index in [0.29, 0.717) is 36.5 Å². The number of pyridine rings is 1. The summed E-state index contributed by atoms with van der Waals surface area (Å²) in [5.74, 6) is -0.272. The van der Waals surface area contributed by atoms with Gasteiger partial charge in [-0.2, -0.15) is 11.8 Å². The Bertz CT molecular complexity index is 696. The predicted octanol–water partition coefficient (Wildman–Crippen LogP) is 3.68. The highest BCUT2D eigenvalue weighted by Gasteiger charge is 2.25. The van der Waals surface area contributed by atoms with Gasteiger partial charge in [0.2, 0.25) is 0 Å². The van der Waals surface area contributed by atoms with Crippen molar-refractivity contribution in [3.63, 3.8) is 0 Å². The van der Waals surface area contributed by atoms with Gasteiger partial charge in [0.25, 0.3) is 5.91 Å². The van der Waals surface area contributed by atoms with Crippen molar-refractivity contribution < 1.29 is 13.6 Å². The third-order valence-electron chi connectivity index (χ3n) is 3.82. The molecule has 1 aromatic carbocycles. The fraction of sp³-hybridized carbons (Fsp3) is 0.294. The first-order chi connectivity index (χ1) is 11.1. The second kappa shape index (κ2) is 7.08. The molecule has 0 saturated carbocycles. The molecule has 23 heavy (non-hydrogen) atoms. The Morgan fingerprint density at radius 2 is 2.09 bits per heavy atom. The maximum atomic E-state index is 13.9. The highest BCUT2D eigenvalue weighted by Crippen LogP contribution is 2.36. The van der Waals surface area contributed by atoms with Crippen LogP contribution in [-0.2, 0) is 0 Å². The molecule has 0 radical (unpaired) electrons. The van der Waals surface area contributed by atoms with Crippen LogP contribution >= 0.6 is 11.8 Å². The highest BCUT2D eigenvalue weighted by molar-refractivity contribution is 7.99. The zero-order chi connectivity index (χ0) is 16.2. The molecule has 2 aromatic rings. The summed E-state index contributed by atoms with van der Waals surface area (Å²) in [4.78, 5) is 18.2. The van der Waals surface area contributed by atoms with Gasteiger partial charge in [-0.25, -0.2) is 8.78 Å². The number of amides is 1. The average Bonchev–Trinajstić information content (AvgIpc) is 2.83. The van der Waals surface area contributed by atoms with Crippen LogP contribution in [0.1, 0.15) is 27.7 Å². The second-order valence-electron chi connectivity index (χ2n) is 5.32. The lowest BCUT2D eigenvalue weighted by Crippen LogP contribution is -2.33. The van der Waals surface area contributed by atoms with Crippen LogP contribution in [0.15, 0.2) is 42.6 Å². The van der Waals surface area contributed by atoms with E-state index in [1.807, 2.05) is 0 Å². The molecule has 0 bridgehead atoms. The number of carbonyl (C=O) groups excluding carboxylic acids is 1. The van der Waals surface area contributed by atoms with Crippen LogP contribution in [0, 0.1) is 11.6 Å². The summed E-state index contributed by atoms with van der Waals surface area (Å²) in [7, 11) is 0. The number of hydrogen-bond acceptors (Lipinski definition) is 3. The molecule has 0 spiro atoms. The van der Waals surface area contributed by atoms with Gasteiger partial charge in [-0.3, -0.25) is 9.78 Å². The van der Waals surface area contributed by atoms with Gasteiger partial charge in [0, 0.05) is 35.9 Å². The number of aromatic nitrogens is 1. The summed E-state index contributed by atoms with van der Waals surface area (Å²) in [5, 5.41) is -0.146. The predicted molar refractivity (Wildman–Crippen MR) is 86.3 cm³/mol. The third-order valence-corrected chi connectivity index (χ3v) is 5.13. The summed E-state index contributed by atoms with van der Waals surface area (Å²) in [5.41, 5.74) is 0.787. The molecule has 1 aliphatic rings. The molecule has 1 aliphatic heterocycles. The van der Waals surface area contributed by atoms with E-state index in [4.69, 9.17) is 0 Å². The van der Waals surface area contributed by atoms with Gasteiger partial charge >= 0.3 is 0 Å². The van der Waals surface area contributed by atoms with E-state index in [-0.39, 0.29) is 11.2 Å². The Labute approximate surface area is 137 Å². The summed E-state index contributed by atoms with van der Waals surface area (Å²) in [6.07, 6.45) is 2.17. The number of halogens is 2. The first-order valence-electron chi connectivity index (χ1n) is 7.42. The van der Waals surface area contributed by atoms with Crippen molar-refractivity contribution in [1.82, 2.24) is 9.88 Å². The monoisotopic (exact) mass is 334 g/mol. The SMILES string of the molecule is O=C(c1ccccn1)N1CCS[C@@H](c2cc(F)ccc2F)CC1. The number of benzene rings is 1. The maximum Gasteiger partial charge on any atom is 0.272 e. The normalized spacial score (nSPS) is 18.5. The summed E-state index contributed by atoms with van der Waals surface area (Å²) in [6.45, 7) is 1.08. The van der Waals surface area contributed by atoms with Gasteiger partial charge in [0.1, 0.15) is 17.3 Å². The molecule has 120 valence electrons. The first kappa shape index (κ1) is 15.9. The molecule has 1 amide bonds. The van der Waals surface area contributed by atoms with Crippen molar-refractivity contribution in [1.29, 1.82) is 0 Å². The van der Waals surface area contributed by atoms with Crippen molar-refractivity contribution in [3.05, 3.63) is 65.5 Å². The fourth-order valence-electron chi connectivity index (χ4n) is 2.63. The van der Waals surface area contributed by atoms with Gasteiger partial charge in [-0.1, -0.05) is 6.07 Å². The molecule has 2 heterocycles. The van der Waals surface area contributed by atoms with Gasteiger partial charge in [-0.15, -0.1) is 0 Å². The van der Waals surface area contributed by atoms with E-state index in [1.54, 1.807) is 41.1 Å². The number of nitrogens with zero attached hydrogens (tertiary/aromatic N) is 2. The van der Waals surface area contributed by atoms with E-state index in [1.165, 1.54) is 6.07 Å². The standard InChI is InChI=1S/C17H16F2N2OS/c18-12-4-5-14(19)13(11-12)16-6-8-21(9-10-23-16)17(22)15-3-1-2-7-20-15/h1-5,7,11,16H,6,8-10H2/t16-/m1/s1. The van der Waals surface area contributed by atoms with Gasteiger partial charge < -0.3 is 4.90 Å². The summed E-state index contributed by atoms with van der Waals surface area (Å²) in [6, 6.07) is 8.76. The van der Waals surface area contributed by atoms with E-state index >= 15 is 0 Å². The smallest absolute Gasteiger partial charge is 0.272 e. The quantitative estimate of drug-likeness (QED) is 0.840. The van der Waals surface area contributed by atoms with Crippen LogP contribution in [0.5, 0.6) is 0 Å². The zero-order valence-corrected chi connectivity index (χ0v) is 13.2. The lowest BCUT2D eigenvalue weighted by molar-refractivity contribution is 0.0760. The minimum Gasteiger partial charge on any atom is -0.336 e. The first-order valence-corrected chi connectivity index (χ1v) is 8.47. The fourth-order valence-corrected chi connectivity index (χ4v) is 3.88. The molecular formula is C17H16F2N2OS. The Kier molecular flexibility index (Phi) is 4.91. The van der Waals surface area contributed by atoms with Crippen molar-refractivity contribution in [2.45, 2.75) is 11.7 Å². The Morgan fingerprint density at radius 3 is 2.87 bits per heavy atom. The molecule has 1 aromatic heterocycles. The van der Waals surface area contributed by atoms with E-state index in [9.17, 15) is 13.6 Å². The third kappa shape index (κ3) is 3.69. The largest absolute Gasteiger partial charge is 0.336 e. The van der Waals surface area contributed by atoms with E-state index in [0.717, 1.165) is 12.1 Å². The average molecular weight is 334 g/mol. The minimum absolute atomic E-state index is 0.119. The van der Waals surface area contributed by atoms with Gasteiger partial charge in [-0.05, 0) is 36.8 Å². The van der Waals surface area contributed by atoms with Gasteiger partial charge in [0.15, 0.2) is 0 Å². The van der Waals surface area contributed by atoms with Gasteiger partial charge in [0.05, 0.1) is 0 Å². The van der Waals surface area contributed by atoms with Crippen LogP contribution in [0.4, 0.5) is 8.78 Å². The molecule has 1 fully saturated rings. The molecule has 3 rings (SSSR count). The molecule has 1 atom stereocenters. The van der Waals surface area contributed by atoms with Crippen molar-refractivity contribution in [2.24, 2.45) is 0 Å². The van der Waals surface area contributed by atoms with Crippen LogP contribution < -0.4 is 0 Å². The van der Waals surface area contributed by atoms with Crippen LogP contribution in [0.25, 0.3) is 0 Å². The van der Waals surface area contributed by atoms with Crippen LogP contribution in [0.2, 0.25) is 0 Å². The number of rotatable bonds is 2. The zero-order valence-electron chi connectivity index (χ0n) is 12.4.